The maximum absolute atomic E-state index is 11.5. The van der Waals surface area contributed by atoms with Crippen molar-refractivity contribution in [3.05, 3.63) is 38.7 Å². The third-order valence-corrected chi connectivity index (χ3v) is 2.66. The molecule has 0 saturated heterocycles. The number of aryl methyl sites for hydroxylation is 1. The van der Waals surface area contributed by atoms with Crippen LogP contribution in [0.3, 0.4) is 0 Å². The van der Waals surface area contributed by atoms with Crippen molar-refractivity contribution in [2.24, 2.45) is 0 Å². The molecule has 0 aliphatic rings. The molecule has 0 fully saturated rings. The number of aromatic nitrogens is 3. The van der Waals surface area contributed by atoms with Crippen molar-refractivity contribution in [2.45, 2.75) is 13.5 Å². The van der Waals surface area contributed by atoms with Crippen LogP contribution in [0, 0.1) is 0 Å². The zero-order valence-corrected chi connectivity index (χ0v) is 10.0. The van der Waals surface area contributed by atoms with E-state index < -0.39 is 0 Å². The van der Waals surface area contributed by atoms with E-state index in [1.165, 1.54) is 16.9 Å². The van der Waals surface area contributed by atoms with Gasteiger partial charge in [0.1, 0.15) is 5.69 Å². The van der Waals surface area contributed by atoms with E-state index in [1.54, 1.807) is 6.07 Å². The molecule has 0 aromatic carbocycles. The van der Waals surface area contributed by atoms with Gasteiger partial charge in [-0.2, -0.15) is 0 Å². The zero-order chi connectivity index (χ0) is 11.7. The van der Waals surface area contributed by atoms with Crippen LogP contribution in [0.15, 0.2) is 23.1 Å². The number of pyridine rings is 1. The molecule has 84 valence electrons. The highest BCUT2D eigenvalue weighted by Crippen LogP contribution is 2.25. The van der Waals surface area contributed by atoms with Gasteiger partial charge in [0.2, 0.25) is 0 Å². The van der Waals surface area contributed by atoms with E-state index in [0.717, 1.165) is 0 Å². The Bertz CT molecular complexity index is 574. The van der Waals surface area contributed by atoms with Gasteiger partial charge in [-0.15, -0.1) is 0 Å². The number of hydrogen-bond acceptors (Lipinski definition) is 2. The second-order valence-electron chi connectivity index (χ2n) is 3.24. The smallest absolute Gasteiger partial charge is 0.267 e. The van der Waals surface area contributed by atoms with Crippen molar-refractivity contribution in [1.29, 1.82) is 0 Å². The minimum absolute atomic E-state index is 0.106. The molecule has 0 spiro atoms. The molecule has 0 atom stereocenters. The fourth-order valence-electron chi connectivity index (χ4n) is 1.40. The number of aromatic amines is 1. The summed E-state index contributed by atoms with van der Waals surface area (Å²) in [6, 6.07) is 3.05. The molecule has 0 aliphatic heterocycles. The van der Waals surface area contributed by atoms with Crippen LogP contribution in [0.25, 0.3) is 11.4 Å². The van der Waals surface area contributed by atoms with Crippen LogP contribution in [0.1, 0.15) is 6.92 Å². The second-order valence-corrected chi connectivity index (χ2v) is 4.08. The number of nitrogens with zero attached hydrogens (tertiary/aromatic N) is 2. The zero-order valence-electron chi connectivity index (χ0n) is 8.50. The van der Waals surface area contributed by atoms with Crippen LogP contribution in [-0.2, 0) is 6.54 Å². The fourth-order valence-corrected chi connectivity index (χ4v) is 1.89. The molecule has 0 radical (unpaired) electrons. The number of H-pyrrole nitrogens is 1. The molecule has 2 rings (SSSR count). The van der Waals surface area contributed by atoms with Gasteiger partial charge < -0.3 is 0 Å². The Kier molecular flexibility index (Phi) is 3.03. The van der Waals surface area contributed by atoms with Crippen molar-refractivity contribution in [3.63, 3.8) is 0 Å². The quantitative estimate of drug-likeness (QED) is 0.899. The highest BCUT2D eigenvalue weighted by molar-refractivity contribution is 6.35. The Morgan fingerprint density at radius 3 is 2.75 bits per heavy atom. The third kappa shape index (κ3) is 1.99. The lowest BCUT2D eigenvalue weighted by Crippen LogP contribution is -2.13. The molecule has 6 heteroatoms. The molecule has 2 aromatic heterocycles. The first-order valence-electron chi connectivity index (χ1n) is 4.73. The summed E-state index contributed by atoms with van der Waals surface area (Å²) >= 11 is 11.7. The van der Waals surface area contributed by atoms with Crippen LogP contribution >= 0.6 is 23.2 Å². The predicted molar refractivity (Wildman–Crippen MR) is 64.0 cm³/mol. The Hall–Kier alpha value is -1.26. The molecule has 4 nitrogen and oxygen atoms in total. The normalized spacial score (nSPS) is 10.7. The molecule has 1 N–H and O–H groups in total. The van der Waals surface area contributed by atoms with Gasteiger partial charge in [-0.25, -0.2) is 0 Å². The van der Waals surface area contributed by atoms with Crippen LogP contribution in [0.5, 0.6) is 0 Å². The average Bonchev–Trinajstić information content (AvgIpc) is 2.59. The molecular formula is C10H9Cl2N3O. The minimum Gasteiger partial charge on any atom is -0.293 e. The van der Waals surface area contributed by atoms with Gasteiger partial charge in [0.15, 0.2) is 0 Å². The van der Waals surface area contributed by atoms with Crippen molar-refractivity contribution in [3.8, 4) is 11.4 Å². The van der Waals surface area contributed by atoms with Crippen LogP contribution in [0.4, 0.5) is 0 Å². The Morgan fingerprint density at radius 2 is 2.19 bits per heavy atom. The number of rotatable bonds is 2. The molecule has 2 aromatic rings. The summed E-state index contributed by atoms with van der Waals surface area (Å²) in [4.78, 5) is 15.5. The second kappa shape index (κ2) is 4.31. The third-order valence-electron chi connectivity index (χ3n) is 2.17. The first-order chi connectivity index (χ1) is 7.61. The largest absolute Gasteiger partial charge is 0.293 e. The summed E-state index contributed by atoms with van der Waals surface area (Å²) in [5.74, 6) is 0. The average molecular weight is 258 g/mol. The van der Waals surface area contributed by atoms with Gasteiger partial charge in [0.05, 0.1) is 15.7 Å². The maximum Gasteiger partial charge on any atom is 0.267 e. The Morgan fingerprint density at radius 1 is 1.44 bits per heavy atom. The van der Waals surface area contributed by atoms with Crippen molar-refractivity contribution < 1.29 is 0 Å². The lowest BCUT2D eigenvalue weighted by atomic mass is 10.3. The fraction of sp³-hybridized carbons (Fsp3) is 0.200. The standard InChI is InChI=1S/C10H9Cl2N3O/c1-2-15-9(16)4-8(14-15)10-7(12)3-6(11)5-13-10/h3-5,14H,2H2,1H3. The van der Waals surface area contributed by atoms with Gasteiger partial charge in [-0.3, -0.25) is 19.6 Å². The van der Waals surface area contributed by atoms with E-state index in [-0.39, 0.29) is 5.56 Å². The summed E-state index contributed by atoms with van der Waals surface area (Å²) < 4.78 is 1.47. The van der Waals surface area contributed by atoms with Gasteiger partial charge in [0, 0.05) is 18.8 Å². The summed E-state index contributed by atoms with van der Waals surface area (Å²) in [6.45, 7) is 2.45. The minimum atomic E-state index is -0.106. The predicted octanol–water partition coefficient (Wildman–Crippen LogP) is 2.57. The summed E-state index contributed by atoms with van der Waals surface area (Å²) in [5, 5.41) is 3.80. The Labute approximate surface area is 102 Å². The van der Waals surface area contributed by atoms with Crippen LogP contribution < -0.4 is 5.56 Å². The van der Waals surface area contributed by atoms with Gasteiger partial charge in [-0.05, 0) is 13.0 Å². The summed E-state index contributed by atoms with van der Waals surface area (Å²) in [5.41, 5.74) is 1.01. The Balaban J connectivity index is 2.54. The lowest BCUT2D eigenvalue weighted by Gasteiger charge is -2.01. The van der Waals surface area contributed by atoms with E-state index in [9.17, 15) is 4.79 Å². The molecule has 0 amide bonds. The van der Waals surface area contributed by atoms with E-state index in [0.29, 0.717) is 28.0 Å². The van der Waals surface area contributed by atoms with Crippen LogP contribution in [-0.4, -0.2) is 14.8 Å². The van der Waals surface area contributed by atoms with Crippen molar-refractivity contribution in [2.75, 3.05) is 0 Å². The topological polar surface area (TPSA) is 50.7 Å². The molecule has 0 aliphatic carbocycles. The maximum atomic E-state index is 11.5. The van der Waals surface area contributed by atoms with Gasteiger partial charge in [0.25, 0.3) is 5.56 Å². The van der Waals surface area contributed by atoms with E-state index >= 15 is 0 Å². The highest BCUT2D eigenvalue weighted by Gasteiger charge is 2.09. The molecule has 0 bridgehead atoms. The van der Waals surface area contributed by atoms with Crippen LogP contribution in [0.2, 0.25) is 10.0 Å². The molecule has 16 heavy (non-hydrogen) atoms. The van der Waals surface area contributed by atoms with E-state index in [1.807, 2.05) is 6.92 Å². The number of halogens is 2. The first-order valence-corrected chi connectivity index (χ1v) is 5.48. The molecular weight excluding hydrogens is 249 g/mol. The van der Waals surface area contributed by atoms with E-state index in [2.05, 4.69) is 10.1 Å². The number of nitrogens with one attached hydrogen (secondary N) is 1. The summed E-state index contributed by atoms with van der Waals surface area (Å²) in [7, 11) is 0. The monoisotopic (exact) mass is 257 g/mol. The van der Waals surface area contributed by atoms with Gasteiger partial charge in [-0.1, -0.05) is 23.2 Å². The van der Waals surface area contributed by atoms with E-state index in [4.69, 9.17) is 23.2 Å². The van der Waals surface area contributed by atoms with Crippen molar-refractivity contribution in [1.82, 2.24) is 14.8 Å². The molecule has 2 heterocycles. The summed E-state index contributed by atoms with van der Waals surface area (Å²) in [6.07, 6.45) is 1.49. The lowest BCUT2D eigenvalue weighted by molar-refractivity contribution is 0.640. The number of hydrogen-bond donors (Lipinski definition) is 1. The van der Waals surface area contributed by atoms with Crippen molar-refractivity contribution >= 4 is 23.2 Å². The molecule has 0 saturated carbocycles. The highest BCUT2D eigenvalue weighted by atomic mass is 35.5. The molecule has 0 unspecified atom stereocenters. The van der Waals surface area contributed by atoms with Gasteiger partial charge >= 0.3 is 0 Å². The first kappa shape index (κ1) is 11.2. The SMILES string of the molecule is CCn1[nH]c(-c2ncc(Cl)cc2Cl)cc1=O.